The number of benzene rings is 2. The molecule has 2 rings (SSSR count). The second-order valence-electron chi connectivity index (χ2n) is 5.34. The largest absolute Gasteiger partial charge is 0.492 e. The van der Waals surface area contributed by atoms with Crippen molar-refractivity contribution in [2.45, 2.75) is 25.7 Å². The standard InChI is InChI=1S/C18H20O3/c1-13(2)15-9-6-10-16(11-15)21-12-17(18(19)20)14-7-4-3-5-8-14/h3-11,13,17H,12H2,1-2H3,(H,19,20). The number of carboxylic acids is 1. The van der Waals surface area contributed by atoms with E-state index in [1.807, 2.05) is 54.6 Å². The second-order valence-corrected chi connectivity index (χ2v) is 5.34. The molecule has 0 heterocycles. The van der Waals surface area contributed by atoms with Crippen molar-refractivity contribution in [1.29, 1.82) is 0 Å². The third kappa shape index (κ3) is 4.09. The van der Waals surface area contributed by atoms with Gasteiger partial charge in [0.2, 0.25) is 0 Å². The molecule has 1 N–H and O–H groups in total. The van der Waals surface area contributed by atoms with E-state index in [0.29, 0.717) is 11.7 Å². The molecule has 0 aliphatic rings. The zero-order valence-electron chi connectivity index (χ0n) is 12.3. The fourth-order valence-corrected chi connectivity index (χ4v) is 2.14. The highest BCUT2D eigenvalue weighted by Gasteiger charge is 2.20. The van der Waals surface area contributed by atoms with Gasteiger partial charge in [0, 0.05) is 0 Å². The Balaban J connectivity index is 2.09. The molecule has 1 unspecified atom stereocenters. The molecule has 0 amide bonds. The van der Waals surface area contributed by atoms with Crippen LogP contribution in [0.1, 0.15) is 36.8 Å². The van der Waals surface area contributed by atoms with Crippen LogP contribution in [0.2, 0.25) is 0 Å². The van der Waals surface area contributed by atoms with Crippen LogP contribution in [-0.2, 0) is 4.79 Å². The molecule has 0 aliphatic carbocycles. The van der Waals surface area contributed by atoms with E-state index in [4.69, 9.17) is 4.74 Å². The highest BCUT2D eigenvalue weighted by molar-refractivity contribution is 5.76. The van der Waals surface area contributed by atoms with Gasteiger partial charge in [-0.05, 0) is 29.2 Å². The molecule has 110 valence electrons. The van der Waals surface area contributed by atoms with Crippen molar-refractivity contribution in [3.63, 3.8) is 0 Å². The summed E-state index contributed by atoms with van der Waals surface area (Å²) >= 11 is 0. The molecule has 0 saturated heterocycles. The van der Waals surface area contributed by atoms with Gasteiger partial charge in [-0.2, -0.15) is 0 Å². The number of rotatable bonds is 6. The summed E-state index contributed by atoms with van der Waals surface area (Å²) in [6.45, 7) is 4.35. The lowest BCUT2D eigenvalue weighted by molar-refractivity contribution is -0.139. The van der Waals surface area contributed by atoms with Crippen molar-refractivity contribution in [2.75, 3.05) is 6.61 Å². The Hall–Kier alpha value is -2.29. The van der Waals surface area contributed by atoms with Crippen molar-refractivity contribution in [3.05, 3.63) is 65.7 Å². The Kier molecular flexibility index (Phi) is 4.99. The van der Waals surface area contributed by atoms with E-state index < -0.39 is 11.9 Å². The molecule has 0 saturated carbocycles. The first-order chi connectivity index (χ1) is 10.1. The third-order valence-corrected chi connectivity index (χ3v) is 3.44. The molecule has 0 aromatic heterocycles. The Morgan fingerprint density at radius 3 is 2.33 bits per heavy atom. The number of hydrogen-bond acceptors (Lipinski definition) is 2. The summed E-state index contributed by atoms with van der Waals surface area (Å²) in [5.41, 5.74) is 1.93. The zero-order valence-corrected chi connectivity index (χ0v) is 12.3. The molecule has 0 fully saturated rings. The summed E-state index contributed by atoms with van der Waals surface area (Å²) in [5, 5.41) is 9.37. The monoisotopic (exact) mass is 284 g/mol. The lowest BCUT2D eigenvalue weighted by Crippen LogP contribution is -2.19. The zero-order chi connectivity index (χ0) is 15.2. The average molecular weight is 284 g/mol. The predicted octanol–water partition coefficient (Wildman–Crippen LogP) is 4.06. The Morgan fingerprint density at radius 1 is 1.05 bits per heavy atom. The van der Waals surface area contributed by atoms with Gasteiger partial charge in [-0.1, -0.05) is 56.3 Å². The lowest BCUT2D eigenvalue weighted by atomic mass is 10.0. The Bertz CT molecular complexity index is 590. The number of aliphatic carboxylic acids is 1. The van der Waals surface area contributed by atoms with Crippen LogP contribution in [0.3, 0.4) is 0 Å². The van der Waals surface area contributed by atoms with Crippen LogP contribution in [0.5, 0.6) is 5.75 Å². The Morgan fingerprint density at radius 2 is 1.71 bits per heavy atom. The van der Waals surface area contributed by atoms with Gasteiger partial charge < -0.3 is 9.84 Å². The van der Waals surface area contributed by atoms with Crippen molar-refractivity contribution in [3.8, 4) is 5.75 Å². The van der Waals surface area contributed by atoms with Crippen molar-refractivity contribution < 1.29 is 14.6 Å². The molecule has 1 atom stereocenters. The first-order valence-corrected chi connectivity index (χ1v) is 7.08. The fourth-order valence-electron chi connectivity index (χ4n) is 2.14. The topological polar surface area (TPSA) is 46.5 Å². The van der Waals surface area contributed by atoms with Crippen LogP contribution in [0.4, 0.5) is 0 Å². The molecule has 21 heavy (non-hydrogen) atoms. The quantitative estimate of drug-likeness (QED) is 0.870. The Labute approximate surface area is 125 Å². The van der Waals surface area contributed by atoms with E-state index in [9.17, 15) is 9.90 Å². The predicted molar refractivity (Wildman–Crippen MR) is 82.8 cm³/mol. The normalized spacial score (nSPS) is 12.1. The van der Waals surface area contributed by atoms with Gasteiger partial charge in [0.15, 0.2) is 0 Å². The molecule has 3 heteroatoms. The summed E-state index contributed by atoms with van der Waals surface area (Å²) < 4.78 is 5.69. The summed E-state index contributed by atoms with van der Waals surface area (Å²) in [6, 6.07) is 17.0. The van der Waals surface area contributed by atoms with Crippen LogP contribution in [-0.4, -0.2) is 17.7 Å². The molecule has 2 aromatic carbocycles. The number of carboxylic acid groups (broad SMARTS) is 1. The molecule has 0 aliphatic heterocycles. The molecule has 0 bridgehead atoms. The maximum Gasteiger partial charge on any atom is 0.314 e. The van der Waals surface area contributed by atoms with Crippen molar-refractivity contribution in [2.24, 2.45) is 0 Å². The van der Waals surface area contributed by atoms with Gasteiger partial charge in [-0.25, -0.2) is 0 Å². The van der Waals surface area contributed by atoms with E-state index in [1.54, 1.807) is 0 Å². The molecule has 2 aromatic rings. The minimum Gasteiger partial charge on any atom is -0.492 e. The first kappa shape index (κ1) is 15.1. The highest BCUT2D eigenvalue weighted by Crippen LogP contribution is 2.22. The van der Waals surface area contributed by atoms with Gasteiger partial charge >= 0.3 is 5.97 Å². The van der Waals surface area contributed by atoms with Gasteiger partial charge in [-0.3, -0.25) is 4.79 Å². The van der Waals surface area contributed by atoms with E-state index in [2.05, 4.69) is 13.8 Å². The molecule has 3 nitrogen and oxygen atoms in total. The number of hydrogen-bond donors (Lipinski definition) is 1. The summed E-state index contributed by atoms with van der Waals surface area (Å²) in [7, 11) is 0. The molecule has 0 spiro atoms. The fraction of sp³-hybridized carbons (Fsp3) is 0.278. The van der Waals surface area contributed by atoms with Crippen LogP contribution in [0.15, 0.2) is 54.6 Å². The van der Waals surface area contributed by atoms with Crippen LogP contribution in [0.25, 0.3) is 0 Å². The summed E-state index contributed by atoms with van der Waals surface area (Å²) in [4.78, 5) is 11.4. The van der Waals surface area contributed by atoms with Crippen LogP contribution in [0, 0.1) is 0 Å². The second kappa shape index (κ2) is 6.93. The smallest absolute Gasteiger partial charge is 0.314 e. The number of carbonyl (C=O) groups is 1. The SMILES string of the molecule is CC(C)c1cccc(OCC(C(=O)O)c2ccccc2)c1. The lowest BCUT2D eigenvalue weighted by Gasteiger charge is -2.15. The third-order valence-electron chi connectivity index (χ3n) is 3.44. The molecular weight excluding hydrogens is 264 g/mol. The van der Waals surface area contributed by atoms with E-state index in [-0.39, 0.29) is 6.61 Å². The van der Waals surface area contributed by atoms with Crippen molar-refractivity contribution >= 4 is 5.97 Å². The average Bonchev–Trinajstić information content (AvgIpc) is 2.48. The molecule has 0 radical (unpaired) electrons. The maximum atomic E-state index is 11.4. The van der Waals surface area contributed by atoms with Crippen LogP contribution >= 0.6 is 0 Å². The highest BCUT2D eigenvalue weighted by atomic mass is 16.5. The minimum atomic E-state index is -0.874. The van der Waals surface area contributed by atoms with E-state index >= 15 is 0 Å². The van der Waals surface area contributed by atoms with Crippen LogP contribution < -0.4 is 4.74 Å². The van der Waals surface area contributed by atoms with Crippen molar-refractivity contribution in [1.82, 2.24) is 0 Å². The summed E-state index contributed by atoms with van der Waals surface area (Å²) in [6.07, 6.45) is 0. The summed E-state index contributed by atoms with van der Waals surface area (Å²) in [5.74, 6) is -0.406. The minimum absolute atomic E-state index is 0.126. The molecular formula is C18H20O3. The maximum absolute atomic E-state index is 11.4. The first-order valence-electron chi connectivity index (χ1n) is 7.08. The van der Waals surface area contributed by atoms with Gasteiger partial charge in [0.05, 0.1) is 0 Å². The van der Waals surface area contributed by atoms with E-state index in [0.717, 1.165) is 5.56 Å². The number of ether oxygens (including phenoxy) is 1. The van der Waals surface area contributed by atoms with Gasteiger partial charge in [-0.15, -0.1) is 0 Å². The van der Waals surface area contributed by atoms with E-state index in [1.165, 1.54) is 5.56 Å². The van der Waals surface area contributed by atoms with Gasteiger partial charge in [0.1, 0.15) is 18.3 Å². The van der Waals surface area contributed by atoms with Gasteiger partial charge in [0.25, 0.3) is 0 Å².